The van der Waals surface area contributed by atoms with Crippen molar-refractivity contribution < 1.29 is 4.79 Å². The first-order chi connectivity index (χ1) is 13.2. The van der Waals surface area contributed by atoms with Gasteiger partial charge in [0.2, 0.25) is 0 Å². The predicted octanol–water partition coefficient (Wildman–Crippen LogP) is 4.39. The first kappa shape index (κ1) is 21.1. The van der Waals surface area contributed by atoms with Crippen molar-refractivity contribution in [2.45, 2.75) is 33.4 Å². The lowest BCUT2D eigenvalue weighted by Crippen LogP contribution is -2.49. The molecule has 0 bridgehead atoms. The number of benzene rings is 1. The van der Waals surface area contributed by atoms with Crippen LogP contribution in [-0.4, -0.2) is 53.4 Å². The molecule has 0 aliphatic carbocycles. The summed E-state index contributed by atoms with van der Waals surface area (Å²) >= 11 is 12.5. The molecule has 0 spiro atoms. The van der Waals surface area contributed by atoms with Gasteiger partial charge in [-0.2, -0.15) is 0 Å². The van der Waals surface area contributed by atoms with E-state index in [0.29, 0.717) is 33.0 Å². The van der Waals surface area contributed by atoms with Gasteiger partial charge in [0.05, 0.1) is 16.3 Å². The maximum Gasteiger partial charge on any atom is 0.257 e. The third kappa shape index (κ3) is 4.84. The van der Waals surface area contributed by atoms with Crippen molar-refractivity contribution in [2.75, 3.05) is 32.0 Å². The summed E-state index contributed by atoms with van der Waals surface area (Å²) in [7, 11) is 2.16. The van der Waals surface area contributed by atoms with E-state index in [2.05, 4.69) is 34.1 Å². The summed E-state index contributed by atoms with van der Waals surface area (Å²) in [5.74, 6) is -0.251. The number of nitrogens with zero attached hydrogens (tertiary/aromatic N) is 3. The number of amides is 1. The van der Waals surface area contributed by atoms with Crippen LogP contribution in [0, 0.1) is 13.8 Å². The van der Waals surface area contributed by atoms with Crippen molar-refractivity contribution in [3.8, 4) is 0 Å². The number of hydrogen-bond donors (Lipinski definition) is 1. The molecule has 0 unspecified atom stereocenters. The number of aromatic nitrogens is 1. The normalized spacial score (nSPS) is 18.3. The van der Waals surface area contributed by atoms with E-state index in [1.807, 2.05) is 13.0 Å². The molecule has 3 rings (SSSR count). The lowest BCUT2D eigenvalue weighted by Gasteiger charge is -2.38. The molecule has 1 saturated heterocycles. The zero-order valence-electron chi connectivity index (χ0n) is 16.7. The van der Waals surface area contributed by atoms with E-state index in [4.69, 9.17) is 23.2 Å². The Bertz CT molecular complexity index is 887. The number of rotatable bonds is 4. The summed E-state index contributed by atoms with van der Waals surface area (Å²) in [5, 5.41) is 4.04. The molecule has 7 heteroatoms. The van der Waals surface area contributed by atoms with Crippen LogP contribution >= 0.6 is 23.2 Å². The van der Waals surface area contributed by atoms with Gasteiger partial charge in [-0.15, -0.1) is 0 Å². The van der Waals surface area contributed by atoms with E-state index in [1.165, 1.54) is 6.20 Å². The summed E-state index contributed by atoms with van der Waals surface area (Å²) in [4.78, 5) is 21.6. The molecule has 28 heavy (non-hydrogen) atoms. The lowest BCUT2D eigenvalue weighted by molar-refractivity contribution is 0.0998. The molecule has 0 radical (unpaired) electrons. The minimum Gasteiger partial charge on any atom is -0.322 e. The van der Waals surface area contributed by atoms with Gasteiger partial charge in [0.1, 0.15) is 0 Å². The second-order valence-electron chi connectivity index (χ2n) is 7.55. The van der Waals surface area contributed by atoms with Crippen LogP contribution in [-0.2, 0) is 6.54 Å². The average molecular weight is 421 g/mol. The van der Waals surface area contributed by atoms with Gasteiger partial charge in [0.25, 0.3) is 5.91 Å². The summed E-state index contributed by atoms with van der Waals surface area (Å²) in [6, 6.07) is 5.92. The summed E-state index contributed by atoms with van der Waals surface area (Å²) in [6.45, 7) is 9.94. The monoisotopic (exact) mass is 420 g/mol. The van der Waals surface area contributed by atoms with Crippen LogP contribution in [0.1, 0.15) is 34.1 Å². The largest absolute Gasteiger partial charge is 0.322 e. The maximum atomic E-state index is 12.7. The molecule has 1 atom stereocenters. The van der Waals surface area contributed by atoms with Crippen molar-refractivity contribution in [2.24, 2.45) is 0 Å². The quantitative estimate of drug-likeness (QED) is 0.796. The third-order valence-corrected chi connectivity index (χ3v) is 6.05. The van der Waals surface area contributed by atoms with Gasteiger partial charge in [0.15, 0.2) is 0 Å². The van der Waals surface area contributed by atoms with Crippen molar-refractivity contribution in [3.63, 3.8) is 0 Å². The number of anilines is 1. The summed E-state index contributed by atoms with van der Waals surface area (Å²) in [5.41, 5.74) is 3.98. The SMILES string of the molecule is Cc1ncc(C(=O)Nc2cc(Cl)cc(CN3CCN(C)[C@@H](C)C3)c2C)cc1Cl. The number of piperazine rings is 1. The van der Waals surface area contributed by atoms with Crippen LogP contribution in [0.5, 0.6) is 0 Å². The molecular weight excluding hydrogens is 395 g/mol. The number of nitrogens with one attached hydrogen (secondary N) is 1. The van der Waals surface area contributed by atoms with Crippen LogP contribution in [0.25, 0.3) is 0 Å². The second kappa shape index (κ2) is 8.78. The van der Waals surface area contributed by atoms with Crippen molar-refractivity contribution in [3.05, 3.63) is 56.8 Å². The first-order valence-electron chi connectivity index (χ1n) is 9.39. The van der Waals surface area contributed by atoms with Crippen molar-refractivity contribution in [1.82, 2.24) is 14.8 Å². The van der Waals surface area contributed by atoms with Crippen LogP contribution in [0.15, 0.2) is 24.4 Å². The Labute approximate surface area is 176 Å². The fraction of sp³-hybridized carbons (Fsp3) is 0.429. The van der Waals surface area contributed by atoms with E-state index >= 15 is 0 Å². The molecule has 1 N–H and O–H groups in total. The number of likely N-dealkylation sites (N-methyl/N-ethyl adjacent to an activating group) is 1. The molecule has 1 aromatic carbocycles. The zero-order valence-corrected chi connectivity index (χ0v) is 18.2. The lowest BCUT2D eigenvalue weighted by atomic mass is 10.0. The molecule has 2 aromatic rings. The number of halogens is 2. The van der Waals surface area contributed by atoms with Gasteiger partial charge >= 0.3 is 0 Å². The molecule has 2 heterocycles. The number of hydrogen-bond acceptors (Lipinski definition) is 4. The van der Waals surface area contributed by atoms with Gasteiger partial charge in [-0.05, 0) is 57.1 Å². The highest BCUT2D eigenvalue weighted by Gasteiger charge is 2.22. The summed E-state index contributed by atoms with van der Waals surface area (Å²) in [6.07, 6.45) is 1.53. The Morgan fingerprint density at radius 1 is 1.25 bits per heavy atom. The Hall–Kier alpha value is -1.66. The molecule has 1 aliphatic rings. The van der Waals surface area contributed by atoms with Crippen LogP contribution in [0.4, 0.5) is 5.69 Å². The minimum absolute atomic E-state index is 0.251. The average Bonchev–Trinajstić information content (AvgIpc) is 2.64. The van der Waals surface area contributed by atoms with E-state index < -0.39 is 0 Å². The number of carbonyl (C=O) groups is 1. The minimum atomic E-state index is -0.251. The van der Waals surface area contributed by atoms with Crippen LogP contribution < -0.4 is 5.32 Å². The Balaban J connectivity index is 1.78. The molecule has 1 amide bonds. The second-order valence-corrected chi connectivity index (χ2v) is 8.39. The first-order valence-corrected chi connectivity index (χ1v) is 10.2. The fourth-order valence-electron chi connectivity index (χ4n) is 3.36. The van der Waals surface area contributed by atoms with Gasteiger partial charge in [-0.25, -0.2) is 0 Å². The predicted molar refractivity (Wildman–Crippen MR) is 115 cm³/mol. The van der Waals surface area contributed by atoms with E-state index in [0.717, 1.165) is 37.3 Å². The van der Waals surface area contributed by atoms with Crippen molar-refractivity contribution >= 4 is 34.8 Å². The highest BCUT2D eigenvalue weighted by molar-refractivity contribution is 6.32. The highest BCUT2D eigenvalue weighted by atomic mass is 35.5. The smallest absolute Gasteiger partial charge is 0.257 e. The van der Waals surface area contributed by atoms with Gasteiger partial charge in [-0.1, -0.05) is 23.2 Å². The number of aryl methyl sites for hydroxylation is 1. The topological polar surface area (TPSA) is 48.5 Å². The van der Waals surface area contributed by atoms with E-state index in [1.54, 1.807) is 19.1 Å². The summed E-state index contributed by atoms with van der Waals surface area (Å²) < 4.78 is 0. The van der Waals surface area contributed by atoms with Crippen molar-refractivity contribution in [1.29, 1.82) is 0 Å². The van der Waals surface area contributed by atoms with E-state index in [9.17, 15) is 4.79 Å². The van der Waals surface area contributed by atoms with E-state index in [-0.39, 0.29) is 5.91 Å². The fourth-order valence-corrected chi connectivity index (χ4v) is 3.77. The van der Waals surface area contributed by atoms with Gasteiger partial charge < -0.3 is 10.2 Å². The molecule has 5 nitrogen and oxygen atoms in total. The molecule has 1 aromatic heterocycles. The maximum absolute atomic E-state index is 12.7. The Morgan fingerprint density at radius 2 is 2.00 bits per heavy atom. The highest BCUT2D eigenvalue weighted by Crippen LogP contribution is 2.27. The standard InChI is InChI=1S/C21H26Cl2N4O/c1-13-11-27(6-5-26(13)4)12-17-7-18(22)9-20(14(17)2)25-21(28)16-8-19(23)15(3)24-10-16/h7-10,13H,5-6,11-12H2,1-4H3,(H,25,28)/t13-/m0/s1. The van der Waals surface area contributed by atoms with Gasteiger partial charge in [0, 0.05) is 49.1 Å². The molecule has 150 valence electrons. The molecule has 0 saturated carbocycles. The molecule has 1 fully saturated rings. The third-order valence-electron chi connectivity index (χ3n) is 5.45. The van der Waals surface area contributed by atoms with Crippen LogP contribution in [0.2, 0.25) is 10.0 Å². The molecule has 1 aliphatic heterocycles. The number of carbonyl (C=O) groups excluding carboxylic acids is 1. The Morgan fingerprint density at radius 3 is 2.68 bits per heavy atom. The molecular formula is C21H26Cl2N4O. The van der Waals surface area contributed by atoms with Crippen LogP contribution in [0.3, 0.4) is 0 Å². The zero-order chi connectivity index (χ0) is 20.4. The number of pyridine rings is 1. The van der Waals surface area contributed by atoms with Gasteiger partial charge in [-0.3, -0.25) is 14.7 Å². The Kier molecular flexibility index (Phi) is 6.61.